The number of amides is 1. The molecule has 1 amide bonds. The molecule has 1 aromatic rings. The van der Waals surface area contributed by atoms with Crippen molar-refractivity contribution in [2.75, 3.05) is 18.4 Å². The Bertz CT molecular complexity index is 507. The predicted octanol–water partition coefficient (Wildman–Crippen LogP) is 2.22. The lowest BCUT2D eigenvalue weighted by Gasteiger charge is -2.20. The van der Waals surface area contributed by atoms with E-state index in [0.29, 0.717) is 23.7 Å². The van der Waals surface area contributed by atoms with Crippen LogP contribution in [0.15, 0.2) is 24.3 Å². The summed E-state index contributed by atoms with van der Waals surface area (Å²) in [6.07, 6.45) is 1.80. The van der Waals surface area contributed by atoms with Crippen molar-refractivity contribution in [2.24, 2.45) is 0 Å². The number of rotatable bonds is 5. The Morgan fingerprint density at radius 2 is 2.25 bits per heavy atom. The van der Waals surface area contributed by atoms with E-state index < -0.39 is 12.0 Å². The van der Waals surface area contributed by atoms with Gasteiger partial charge in [-0.2, -0.15) is 0 Å². The number of benzene rings is 1. The highest BCUT2D eigenvalue weighted by Gasteiger charge is 2.30. The van der Waals surface area contributed by atoms with Gasteiger partial charge in [0.1, 0.15) is 6.04 Å². The topological polar surface area (TPSA) is 69.6 Å². The van der Waals surface area contributed by atoms with Gasteiger partial charge >= 0.3 is 5.97 Å². The summed E-state index contributed by atoms with van der Waals surface area (Å²) in [5, 5.41) is 12.4. The molecule has 1 unspecified atom stereocenters. The van der Waals surface area contributed by atoms with Crippen molar-refractivity contribution in [3.8, 4) is 0 Å². The molecular weight excluding hydrogens is 280 g/mol. The van der Waals surface area contributed by atoms with Crippen molar-refractivity contribution in [3.63, 3.8) is 0 Å². The molecule has 1 fully saturated rings. The third kappa shape index (κ3) is 3.95. The van der Waals surface area contributed by atoms with Gasteiger partial charge in [0.25, 0.3) is 0 Å². The van der Waals surface area contributed by atoms with Crippen molar-refractivity contribution in [2.45, 2.75) is 25.3 Å². The van der Waals surface area contributed by atoms with Gasteiger partial charge in [-0.3, -0.25) is 14.5 Å². The van der Waals surface area contributed by atoms with E-state index in [1.165, 1.54) is 0 Å². The normalized spacial score (nSPS) is 18.9. The fraction of sp³-hybridized carbons (Fsp3) is 0.429. The number of likely N-dealkylation sites (tertiary alicyclic amines) is 1. The molecule has 1 aliphatic heterocycles. The first-order valence-corrected chi connectivity index (χ1v) is 6.96. The molecule has 0 aliphatic carbocycles. The zero-order chi connectivity index (χ0) is 14.5. The van der Waals surface area contributed by atoms with E-state index in [-0.39, 0.29) is 12.3 Å². The van der Waals surface area contributed by atoms with Crippen LogP contribution in [0.4, 0.5) is 5.69 Å². The van der Waals surface area contributed by atoms with Crippen LogP contribution < -0.4 is 5.32 Å². The summed E-state index contributed by atoms with van der Waals surface area (Å²) in [7, 11) is 0. The Labute approximate surface area is 122 Å². The van der Waals surface area contributed by atoms with E-state index in [2.05, 4.69) is 5.32 Å². The Balaban J connectivity index is 1.82. The van der Waals surface area contributed by atoms with Crippen molar-refractivity contribution in [3.05, 3.63) is 29.3 Å². The first-order valence-electron chi connectivity index (χ1n) is 6.58. The maximum atomic E-state index is 11.8. The smallest absolute Gasteiger partial charge is 0.320 e. The molecule has 1 atom stereocenters. The molecule has 1 aromatic carbocycles. The lowest BCUT2D eigenvalue weighted by atomic mass is 10.2. The summed E-state index contributed by atoms with van der Waals surface area (Å²) < 4.78 is 0. The minimum atomic E-state index is -0.808. The summed E-state index contributed by atoms with van der Waals surface area (Å²) >= 11 is 5.84. The van der Waals surface area contributed by atoms with Gasteiger partial charge in [-0.15, -0.1) is 0 Å². The third-order valence-corrected chi connectivity index (χ3v) is 3.62. The van der Waals surface area contributed by atoms with Crippen molar-refractivity contribution in [1.82, 2.24) is 4.90 Å². The number of nitrogens with zero attached hydrogens (tertiary/aromatic N) is 1. The number of halogens is 1. The van der Waals surface area contributed by atoms with E-state index in [4.69, 9.17) is 16.7 Å². The van der Waals surface area contributed by atoms with Gasteiger partial charge in [-0.05, 0) is 37.6 Å². The Kier molecular flexibility index (Phi) is 4.98. The Morgan fingerprint density at radius 3 is 2.95 bits per heavy atom. The van der Waals surface area contributed by atoms with Gasteiger partial charge in [0.05, 0.1) is 0 Å². The van der Waals surface area contributed by atoms with Crippen molar-refractivity contribution >= 4 is 29.2 Å². The molecule has 20 heavy (non-hydrogen) atoms. The number of hydrogen-bond donors (Lipinski definition) is 2. The second-order valence-electron chi connectivity index (χ2n) is 4.84. The average molecular weight is 297 g/mol. The van der Waals surface area contributed by atoms with Crippen LogP contribution in [-0.4, -0.2) is 41.0 Å². The Morgan fingerprint density at radius 1 is 1.45 bits per heavy atom. The largest absolute Gasteiger partial charge is 0.480 e. The van der Waals surface area contributed by atoms with E-state index in [0.717, 1.165) is 13.0 Å². The van der Waals surface area contributed by atoms with E-state index in [9.17, 15) is 9.59 Å². The molecule has 108 valence electrons. The fourth-order valence-electron chi connectivity index (χ4n) is 2.41. The van der Waals surface area contributed by atoms with Crippen molar-refractivity contribution < 1.29 is 14.7 Å². The number of aliphatic carboxylic acids is 1. The quantitative estimate of drug-likeness (QED) is 0.874. The van der Waals surface area contributed by atoms with Crippen LogP contribution in [0, 0.1) is 0 Å². The summed E-state index contributed by atoms with van der Waals surface area (Å²) in [6.45, 7) is 1.20. The second-order valence-corrected chi connectivity index (χ2v) is 5.28. The average Bonchev–Trinajstić information content (AvgIpc) is 2.85. The standard InChI is InChI=1S/C14H17ClN2O3/c15-10-3-1-4-11(9-10)16-13(18)6-8-17-7-2-5-12(17)14(19)20/h1,3-4,9,12H,2,5-8H2,(H,16,18)(H,19,20). The lowest BCUT2D eigenvalue weighted by Crippen LogP contribution is -2.37. The summed E-state index contributed by atoms with van der Waals surface area (Å²) in [6, 6.07) is 6.49. The first-order chi connectivity index (χ1) is 9.56. The van der Waals surface area contributed by atoms with Crippen molar-refractivity contribution in [1.29, 1.82) is 0 Å². The molecule has 2 N–H and O–H groups in total. The molecule has 1 saturated heterocycles. The van der Waals surface area contributed by atoms with Gasteiger partial charge in [-0.1, -0.05) is 17.7 Å². The van der Waals surface area contributed by atoms with Crippen LogP contribution >= 0.6 is 11.6 Å². The van der Waals surface area contributed by atoms with E-state index >= 15 is 0 Å². The number of carboxylic acids is 1. The van der Waals surface area contributed by atoms with Crippen LogP contribution in [-0.2, 0) is 9.59 Å². The lowest BCUT2D eigenvalue weighted by molar-refractivity contribution is -0.142. The summed E-state index contributed by atoms with van der Waals surface area (Å²) in [5.74, 6) is -0.943. The molecule has 0 bridgehead atoms. The van der Waals surface area contributed by atoms with E-state index in [1.54, 1.807) is 24.3 Å². The number of hydrogen-bond acceptors (Lipinski definition) is 3. The Hall–Kier alpha value is -1.59. The molecule has 0 aromatic heterocycles. The SMILES string of the molecule is O=C(CCN1CCCC1C(=O)O)Nc1cccc(Cl)c1. The predicted molar refractivity (Wildman–Crippen MR) is 76.9 cm³/mol. The molecule has 2 rings (SSSR count). The van der Waals surface area contributed by atoms with Crippen LogP contribution in [0.3, 0.4) is 0 Å². The molecule has 1 heterocycles. The maximum absolute atomic E-state index is 11.8. The van der Waals surface area contributed by atoms with Crippen LogP contribution in [0.2, 0.25) is 5.02 Å². The number of anilines is 1. The minimum Gasteiger partial charge on any atom is -0.480 e. The number of carbonyl (C=O) groups is 2. The highest BCUT2D eigenvalue weighted by molar-refractivity contribution is 6.30. The zero-order valence-corrected chi connectivity index (χ0v) is 11.8. The monoisotopic (exact) mass is 296 g/mol. The van der Waals surface area contributed by atoms with Gasteiger partial charge in [-0.25, -0.2) is 0 Å². The zero-order valence-electron chi connectivity index (χ0n) is 11.0. The molecule has 0 saturated carbocycles. The van der Waals surface area contributed by atoms with Gasteiger partial charge in [0, 0.05) is 23.7 Å². The van der Waals surface area contributed by atoms with Gasteiger partial charge in [0.15, 0.2) is 0 Å². The van der Waals surface area contributed by atoms with E-state index in [1.807, 2.05) is 4.90 Å². The number of nitrogens with one attached hydrogen (secondary N) is 1. The summed E-state index contributed by atoms with van der Waals surface area (Å²) in [5.41, 5.74) is 0.652. The molecule has 5 nitrogen and oxygen atoms in total. The van der Waals surface area contributed by atoms with Gasteiger partial charge in [0.2, 0.25) is 5.91 Å². The third-order valence-electron chi connectivity index (χ3n) is 3.38. The molecule has 1 aliphatic rings. The molecule has 6 heteroatoms. The fourth-order valence-corrected chi connectivity index (χ4v) is 2.60. The number of carbonyl (C=O) groups excluding carboxylic acids is 1. The van der Waals surface area contributed by atoms with Crippen LogP contribution in [0.25, 0.3) is 0 Å². The second kappa shape index (κ2) is 6.72. The molecular formula is C14H17ClN2O3. The number of carboxylic acid groups (broad SMARTS) is 1. The maximum Gasteiger partial charge on any atom is 0.320 e. The van der Waals surface area contributed by atoms with Crippen LogP contribution in [0.1, 0.15) is 19.3 Å². The summed E-state index contributed by atoms with van der Waals surface area (Å²) in [4.78, 5) is 24.7. The first kappa shape index (κ1) is 14.8. The highest BCUT2D eigenvalue weighted by Crippen LogP contribution is 2.18. The molecule has 0 radical (unpaired) electrons. The minimum absolute atomic E-state index is 0.136. The highest BCUT2D eigenvalue weighted by atomic mass is 35.5. The van der Waals surface area contributed by atoms with Crippen LogP contribution in [0.5, 0.6) is 0 Å². The molecule has 0 spiro atoms. The van der Waals surface area contributed by atoms with Gasteiger partial charge < -0.3 is 10.4 Å².